The number of para-hydroxylation sites is 2. The van der Waals surface area contributed by atoms with Crippen LogP contribution in [0.3, 0.4) is 0 Å². The molecular weight excluding hydrogens is 389 g/mol. The topological polar surface area (TPSA) is 54.5 Å². The molecule has 0 spiro atoms. The lowest BCUT2D eigenvalue weighted by Gasteiger charge is -2.15. The number of carbonyl (C=O) groups is 1. The van der Waals surface area contributed by atoms with Crippen LogP contribution >= 0.6 is 11.3 Å². The fraction of sp³-hybridized carbons (Fsp3) is 0.0909. The second-order valence-electron chi connectivity index (χ2n) is 6.43. The molecule has 0 aliphatic rings. The maximum absolute atomic E-state index is 13.8. The Kier molecular flexibility index (Phi) is 5.39. The third-order valence-corrected chi connectivity index (χ3v) is 5.32. The highest BCUT2D eigenvalue weighted by atomic mass is 32.1. The smallest absolute Gasteiger partial charge is 0.243 e. The fourth-order valence-electron chi connectivity index (χ4n) is 2.78. The molecule has 4 rings (SSSR count). The molecule has 0 bridgehead atoms. The Morgan fingerprint density at radius 3 is 2.48 bits per heavy atom. The second-order valence-corrected chi connectivity index (χ2v) is 7.44. The molecule has 4 aromatic rings. The molecule has 1 amide bonds. The summed E-state index contributed by atoms with van der Waals surface area (Å²) >= 11 is 1.35. The minimum Gasteiger partial charge on any atom is -0.457 e. The van der Waals surface area contributed by atoms with E-state index in [1.165, 1.54) is 17.4 Å². The van der Waals surface area contributed by atoms with Crippen LogP contribution in [0, 0.1) is 5.82 Å². The van der Waals surface area contributed by atoms with E-state index in [0.717, 1.165) is 10.4 Å². The number of halogens is 1. The summed E-state index contributed by atoms with van der Waals surface area (Å²) in [5.74, 6) is 0.880. The van der Waals surface area contributed by atoms with Crippen LogP contribution in [0.1, 0.15) is 0 Å². The number of thiazole rings is 1. The van der Waals surface area contributed by atoms with Gasteiger partial charge in [-0.05, 0) is 48.5 Å². The van der Waals surface area contributed by atoms with Gasteiger partial charge < -0.3 is 15.0 Å². The molecule has 3 aromatic carbocycles. The fourth-order valence-corrected chi connectivity index (χ4v) is 3.72. The van der Waals surface area contributed by atoms with Crippen molar-refractivity contribution in [2.75, 3.05) is 23.8 Å². The molecule has 1 aromatic heterocycles. The summed E-state index contributed by atoms with van der Waals surface area (Å²) in [6.07, 6.45) is 0. The van der Waals surface area contributed by atoms with Gasteiger partial charge >= 0.3 is 0 Å². The molecule has 0 fully saturated rings. The van der Waals surface area contributed by atoms with Gasteiger partial charge in [0.25, 0.3) is 0 Å². The van der Waals surface area contributed by atoms with Gasteiger partial charge in [0.1, 0.15) is 22.8 Å². The number of likely N-dealkylation sites (N-methyl/N-ethyl adjacent to an activating group) is 1. The lowest BCUT2D eigenvalue weighted by Crippen LogP contribution is -2.29. The van der Waals surface area contributed by atoms with Crippen LogP contribution in [0.5, 0.6) is 11.5 Å². The minimum absolute atomic E-state index is 0.101. The molecule has 0 saturated heterocycles. The van der Waals surface area contributed by atoms with Gasteiger partial charge in [-0.2, -0.15) is 0 Å². The molecule has 5 nitrogen and oxygen atoms in total. The largest absolute Gasteiger partial charge is 0.457 e. The number of hydrogen-bond donors (Lipinski definition) is 1. The van der Waals surface area contributed by atoms with Gasteiger partial charge in [0.05, 0.1) is 11.2 Å². The second kappa shape index (κ2) is 8.28. The summed E-state index contributed by atoms with van der Waals surface area (Å²) in [5.41, 5.74) is 0.993. The van der Waals surface area contributed by atoms with Gasteiger partial charge in [0.15, 0.2) is 5.13 Å². The lowest BCUT2D eigenvalue weighted by atomic mass is 10.3. The van der Waals surface area contributed by atoms with E-state index >= 15 is 0 Å². The maximum Gasteiger partial charge on any atom is 0.243 e. The average molecular weight is 407 g/mol. The summed E-state index contributed by atoms with van der Waals surface area (Å²) in [5, 5.41) is 3.44. The predicted octanol–water partition coefficient (Wildman–Crippen LogP) is 5.30. The van der Waals surface area contributed by atoms with Crippen LogP contribution in [0.2, 0.25) is 0 Å². The molecule has 0 aliphatic heterocycles. The van der Waals surface area contributed by atoms with Gasteiger partial charge in [-0.15, -0.1) is 0 Å². The van der Waals surface area contributed by atoms with Gasteiger partial charge in [0, 0.05) is 12.7 Å². The van der Waals surface area contributed by atoms with E-state index in [2.05, 4.69) is 10.3 Å². The van der Waals surface area contributed by atoms with Crippen LogP contribution < -0.4 is 15.0 Å². The molecule has 0 aliphatic carbocycles. The highest BCUT2D eigenvalue weighted by molar-refractivity contribution is 7.22. The normalized spacial score (nSPS) is 10.7. The summed E-state index contributed by atoms with van der Waals surface area (Å²) in [7, 11) is 1.76. The van der Waals surface area contributed by atoms with Crippen molar-refractivity contribution < 1.29 is 13.9 Å². The SMILES string of the molecule is CN(CC(=O)Nc1ccc(Oc2ccccc2)cc1)c1nc2c(F)cccc2s1. The lowest BCUT2D eigenvalue weighted by molar-refractivity contribution is -0.114. The zero-order valence-corrected chi connectivity index (χ0v) is 16.4. The van der Waals surface area contributed by atoms with Crippen molar-refractivity contribution in [3.8, 4) is 11.5 Å². The monoisotopic (exact) mass is 407 g/mol. The summed E-state index contributed by atoms with van der Waals surface area (Å²) < 4.78 is 20.3. The zero-order chi connectivity index (χ0) is 20.2. The number of ether oxygens (including phenoxy) is 1. The molecule has 0 saturated carbocycles. The molecule has 146 valence electrons. The zero-order valence-electron chi connectivity index (χ0n) is 15.6. The van der Waals surface area contributed by atoms with E-state index in [0.29, 0.717) is 22.1 Å². The number of carbonyl (C=O) groups excluding carboxylic acids is 1. The van der Waals surface area contributed by atoms with Crippen molar-refractivity contribution in [2.45, 2.75) is 0 Å². The Morgan fingerprint density at radius 1 is 1.03 bits per heavy atom. The maximum atomic E-state index is 13.8. The first-order valence-corrected chi connectivity index (χ1v) is 9.79. The van der Waals surface area contributed by atoms with Gasteiger partial charge in [-0.25, -0.2) is 9.37 Å². The summed E-state index contributed by atoms with van der Waals surface area (Å²) in [4.78, 5) is 18.4. The molecule has 29 heavy (non-hydrogen) atoms. The molecule has 0 atom stereocenters. The number of rotatable bonds is 6. The first-order valence-electron chi connectivity index (χ1n) is 8.97. The number of hydrogen-bond acceptors (Lipinski definition) is 5. The number of anilines is 2. The van der Waals surface area contributed by atoms with Crippen LogP contribution in [-0.4, -0.2) is 24.5 Å². The first kappa shape index (κ1) is 18.9. The molecule has 1 N–H and O–H groups in total. The van der Waals surface area contributed by atoms with Crippen molar-refractivity contribution in [1.82, 2.24) is 4.98 Å². The Labute approximate surface area is 171 Å². The Morgan fingerprint density at radius 2 is 1.76 bits per heavy atom. The molecule has 1 heterocycles. The van der Waals surface area contributed by atoms with Gasteiger partial charge in [0.2, 0.25) is 5.91 Å². The highest BCUT2D eigenvalue weighted by Gasteiger charge is 2.14. The van der Waals surface area contributed by atoms with E-state index in [1.54, 1.807) is 42.3 Å². The van der Waals surface area contributed by atoms with Crippen LogP contribution in [0.15, 0.2) is 72.8 Å². The Hall–Kier alpha value is -3.45. The third kappa shape index (κ3) is 4.52. The number of benzene rings is 3. The number of nitrogens with zero attached hydrogens (tertiary/aromatic N) is 2. The van der Waals surface area contributed by atoms with Gasteiger partial charge in [-0.3, -0.25) is 4.79 Å². The van der Waals surface area contributed by atoms with Crippen molar-refractivity contribution in [3.05, 3.63) is 78.6 Å². The first-order chi connectivity index (χ1) is 14.1. The Balaban J connectivity index is 1.36. The van der Waals surface area contributed by atoms with Gasteiger partial charge in [-0.1, -0.05) is 35.6 Å². The van der Waals surface area contributed by atoms with Crippen LogP contribution in [0.4, 0.5) is 15.2 Å². The number of aromatic nitrogens is 1. The quantitative estimate of drug-likeness (QED) is 0.471. The number of fused-ring (bicyclic) bond motifs is 1. The van der Waals surface area contributed by atoms with Crippen LogP contribution in [0.25, 0.3) is 10.2 Å². The van der Waals surface area contributed by atoms with Crippen LogP contribution in [-0.2, 0) is 4.79 Å². The van der Waals surface area contributed by atoms with Crippen molar-refractivity contribution >= 4 is 38.3 Å². The third-order valence-electron chi connectivity index (χ3n) is 4.18. The summed E-state index contributed by atoms with van der Waals surface area (Å²) in [6, 6.07) is 21.5. The average Bonchev–Trinajstić information content (AvgIpc) is 3.16. The van der Waals surface area contributed by atoms with E-state index in [9.17, 15) is 9.18 Å². The highest BCUT2D eigenvalue weighted by Crippen LogP contribution is 2.29. The van der Waals surface area contributed by atoms with E-state index < -0.39 is 0 Å². The molecule has 7 heteroatoms. The summed E-state index contributed by atoms with van der Waals surface area (Å²) in [6.45, 7) is 0.101. The Bertz CT molecular complexity index is 1130. The molecular formula is C22H18FN3O2S. The van der Waals surface area contributed by atoms with E-state index in [4.69, 9.17) is 4.74 Å². The molecule has 0 radical (unpaired) electrons. The number of amides is 1. The van der Waals surface area contributed by atoms with Crippen molar-refractivity contribution in [1.29, 1.82) is 0 Å². The minimum atomic E-state index is -0.360. The van der Waals surface area contributed by atoms with E-state index in [-0.39, 0.29) is 18.3 Å². The van der Waals surface area contributed by atoms with Crippen molar-refractivity contribution in [2.24, 2.45) is 0 Å². The predicted molar refractivity (Wildman–Crippen MR) is 114 cm³/mol. The van der Waals surface area contributed by atoms with E-state index in [1.807, 2.05) is 36.4 Å². The standard InChI is InChI=1S/C22H18FN3O2S/c1-26(22-25-21-18(23)8-5-9-19(21)29-22)14-20(27)24-15-10-12-17(13-11-15)28-16-6-3-2-4-7-16/h2-13H,14H2,1H3,(H,24,27). The van der Waals surface area contributed by atoms with Crippen molar-refractivity contribution in [3.63, 3.8) is 0 Å². The molecule has 0 unspecified atom stereocenters. The number of nitrogens with one attached hydrogen (secondary N) is 1.